The van der Waals surface area contributed by atoms with Crippen molar-refractivity contribution < 1.29 is 19.1 Å². The molecule has 0 atom stereocenters. The van der Waals surface area contributed by atoms with E-state index in [4.69, 9.17) is 9.47 Å². The monoisotopic (exact) mass is 280 g/mol. The molecule has 110 valence electrons. The van der Waals surface area contributed by atoms with E-state index in [1.54, 1.807) is 38.1 Å². The fraction of sp³-hybridized carbons (Fsp3) is 0.429. The highest BCUT2D eigenvalue weighted by atomic mass is 16.5. The zero-order valence-electron chi connectivity index (χ0n) is 12.1. The zero-order chi connectivity index (χ0) is 15.2. The van der Waals surface area contributed by atoms with Crippen LogP contribution in [0, 0.1) is 0 Å². The highest BCUT2D eigenvalue weighted by Gasteiger charge is 2.26. The molecule has 0 saturated heterocycles. The van der Waals surface area contributed by atoms with Crippen LogP contribution in [0.1, 0.15) is 13.8 Å². The summed E-state index contributed by atoms with van der Waals surface area (Å²) in [6.45, 7) is 3.36. The van der Waals surface area contributed by atoms with Crippen LogP contribution < -0.4 is 10.6 Å². The van der Waals surface area contributed by atoms with E-state index in [0.717, 1.165) is 0 Å². The van der Waals surface area contributed by atoms with Gasteiger partial charge in [-0.15, -0.1) is 0 Å². The summed E-state index contributed by atoms with van der Waals surface area (Å²) in [6, 6.07) is 6.80. The lowest BCUT2D eigenvalue weighted by Gasteiger charge is -2.21. The van der Waals surface area contributed by atoms with Gasteiger partial charge < -0.3 is 20.1 Å². The fourth-order valence-corrected chi connectivity index (χ4v) is 1.34. The minimum absolute atomic E-state index is 0.000512. The molecule has 0 unspecified atom stereocenters. The summed E-state index contributed by atoms with van der Waals surface area (Å²) in [4.78, 5) is 23.2. The first-order valence-corrected chi connectivity index (χ1v) is 6.14. The Morgan fingerprint density at radius 2 is 1.55 bits per heavy atom. The van der Waals surface area contributed by atoms with Gasteiger partial charge >= 0.3 is 0 Å². The Morgan fingerprint density at radius 1 is 1.05 bits per heavy atom. The van der Waals surface area contributed by atoms with Crippen molar-refractivity contribution in [2.75, 3.05) is 31.5 Å². The predicted octanol–water partition coefficient (Wildman–Crippen LogP) is 1.63. The zero-order valence-corrected chi connectivity index (χ0v) is 12.1. The summed E-state index contributed by atoms with van der Waals surface area (Å²) < 4.78 is 9.81. The third-order valence-electron chi connectivity index (χ3n) is 2.76. The number of nitrogens with one attached hydrogen (secondary N) is 2. The van der Waals surface area contributed by atoms with Gasteiger partial charge in [-0.05, 0) is 38.1 Å². The standard InChI is InChI=1S/C14H20N2O4/c1-14(2,20-4)13(18)16-11-7-5-10(6-8-11)15-12(17)9-19-3/h5-8H,9H2,1-4H3,(H,15,17)(H,16,18). The lowest BCUT2D eigenvalue weighted by atomic mass is 10.1. The molecule has 1 aromatic carbocycles. The molecule has 2 N–H and O–H groups in total. The van der Waals surface area contributed by atoms with Gasteiger partial charge in [-0.25, -0.2) is 0 Å². The maximum atomic E-state index is 11.9. The Morgan fingerprint density at radius 3 is 2.00 bits per heavy atom. The highest BCUT2D eigenvalue weighted by Crippen LogP contribution is 2.16. The van der Waals surface area contributed by atoms with Gasteiger partial charge in [0, 0.05) is 25.6 Å². The fourth-order valence-electron chi connectivity index (χ4n) is 1.34. The molecule has 0 aliphatic heterocycles. The Balaban J connectivity index is 2.63. The molecular weight excluding hydrogens is 260 g/mol. The summed E-state index contributed by atoms with van der Waals surface area (Å²) in [6.07, 6.45) is 0. The van der Waals surface area contributed by atoms with E-state index in [0.29, 0.717) is 11.4 Å². The van der Waals surface area contributed by atoms with E-state index in [9.17, 15) is 9.59 Å². The summed E-state index contributed by atoms with van der Waals surface area (Å²) in [7, 11) is 2.93. The number of amides is 2. The largest absolute Gasteiger partial charge is 0.375 e. The number of methoxy groups -OCH3 is 2. The van der Waals surface area contributed by atoms with Gasteiger partial charge in [0.25, 0.3) is 5.91 Å². The van der Waals surface area contributed by atoms with Crippen molar-refractivity contribution >= 4 is 23.2 Å². The summed E-state index contributed by atoms with van der Waals surface area (Å²) >= 11 is 0. The van der Waals surface area contributed by atoms with Gasteiger partial charge in [0.1, 0.15) is 12.2 Å². The van der Waals surface area contributed by atoms with Crippen LogP contribution in [-0.2, 0) is 19.1 Å². The van der Waals surface area contributed by atoms with Crippen molar-refractivity contribution in [3.63, 3.8) is 0 Å². The maximum absolute atomic E-state index is 11.9. The molecule has 0 spiro atoms. The molecule has 0 heterocycles. The van der Waals surface area contributed by atoms with E-state index in [-0.39, 0.29) is 18.4 Å². The number of anilines is 2. The first-order valence-electron chi connectivity index (χ1n) is 6.14. The molecule has 0 bridgehead atoms. The summed E-state index contributed by atoms with van der Waals surface area (Å²) in [5.41, 5.74) is 0.367. The van der Waals surface area contributed by atoms with Gasteiger partial charge in [-0.1, -0.05) is 0 Å². The Bertz CT molecular complexity index is 469. The van der Waals surface area contributed by atoms with E-state index >= 15 is 0 Å². The molecule has 0 fully saturated rings. The average Bonchev–Trinajstić information content (AvgIpc) is 2.41. The van der Waals surface area contributed by atoms with Crippen molar-refractivity contribution in [3.05, 3.63) is 24.3 Å². The molecule has 20 heavy (non-hydrogen) atoms. The summed E-state index contributed by atoms with van der Waals surface area (Å²) in [5.74, 6) is -0.471. The first-order chi connectivity index (χ1) is 9.39. The number of carbonyl (C=O) groups excluding carboxylic acids is 2. The van der Waals surface area contributed by atoms with Crippen LogP contribution in [0.5, 0.6) is 0 Å². The van der Waals surface area contributed by atoms with Crippen LogP contribution in [0.3, 0.4) is 0 Å². The number of hydrogen-bond acceptors (Lipinski definition) is 4. The van der Waals surface area contributed by atoms with Crippen molar-refractivity contribution in [3.8, 4) is 0 Å². The minimum atomic E-state index is -0.897. The van der Waals surface area contributed by atoms with E-state index < -0.39 is 5.60 Å². The minimum Gasteiger partial charge on any atom is -0.375 e. The highest BCUT2D eigenvalue weighted by molar-refractivity contribution is 5.97. The normalized spacial score (nSPS) is 11.0. The topological polar surface area (TPSA) is 76.7 Å². The van der Waals surface area contributed by atoms with Crippen LogP contribution in [0.25, 0.3) is 0 Å². The van der Waals surface area contributed by atoms with Crippen molar-refractivity contribution in [2.24, 2.45) is 0 Å². The van der Waals surface area contributed by atoms with Gasteiger partial charge in [-0.3, -0.25) is 9.59 Å². The second-order valence-electron chi connectivity index (χ2n) is 4.73. The Labute approximate surface area is 118 Å². The molecular formula is C14H20N2O4. The smallest absolute Gasteiger partial charge is 0.256 e. The third-order valence-corrected chi connectivity index (χ3v) is 2.76. The van der Waals surface area contributed by atoms with Gasteiger partial charge in [0.05, 0.1) is 0 Å². The van der Waals surface area contributed by atoms with Gasteiger partial charge in [-0.2, -0.15) is 0 Å². The second kappa shape index (κ2) is 7.02. The lowest BCUT2D eigenvalue weighted by Crippen LogP contribution is -2.38. The molecule has 1 rings (SSSR count). The third kappa shape index (κ3) is 4.64. The second-order valence-corrected chi connectivity index (χ2v) is 4.73. The number of hydrogen-bond donors (Lipinski definition) is 2. The molecule has 2 amide bonds. The molecule has 0 radical (unpaired) electrons. The Hall–Kier alpha value is -1.92. The molecule has 0 aliphatic carbocycles. The van der Waals surface area contributed by atoms with E-state index in [1.165, 1.54) is 14.2 Å². The van der Waals surface area contributed by atoms with Gasteiger partial charge in [0.15, 0.2) is 0 Å². The van der Waals surface area contributed by atoms with Crippen LogP contribution >= 0.6 is 0 Å². The molecule has 6 heteroatoms. The molecule has 0 saturated carbocycles. The molecule has 0 aliphatic rings. The van der Waals surface area contributed by atoms with Crippen LogP contribution in [0.15, 0.2) is 24.3 Å². The maximum Gasteiger partial charge on any atom is 0.256 e. The van der Waals surface area contributed by atoms with E-state index in [2.05, 4.69) is 10.6 Å². The van der Waals surface area contributed by atoms with Crippen LogP contribution in [-0.4, -0.2) is 38.2 Å². The first kappa shape index (κ1) is 16.1. The SMILES string of the molecule is COCC(=O)Nc1ccc(NC(=O)C(C)(C)OC)cc1. The van der Waals surface area contributed by atoms with Crippen LogP contribution in [0.4, 0.5) is 11.4 Å². The van der Waals surface area contributed by atoms with Crippen molar-refractivity contribution in [1.29, 1.82) is 0 Å². The van der Waals surface area contributed by atoms with E-state index in [1.807, 2.05) is 0 Å². The molecule has 6 nitrogen and oxygen atoms in total. The Kier molecular flexibility index (Phi) is 5.66. The molecule has 0 aromatic heterocycles. The number of rotatable bonds is 6. The molecule has 1 aromatic rings. The lowest BCUT2D eigenvalue weighted by molar-refractivity contribution is -0.133. The van der Waals surface area contributed by atoms with Crippen molar-refractivity contribution in [1.82, 2.24) is 0 Å². The number of carbonyl (C=O) groups is 2. The quantitative estimate of drug-likeness (QED) is 0.830. The number of benzene rings is 1. The summed E-state index contributed by atoms with van der Waals surface area (Å²) in [5, 5.41) is 5.40. The van der Waals surface area contributed by atoms with Crippen molar-refractivity contribution in [2.45, 2.75) is 19.4 Å². The van der Waals surface area contributed by atoms with Crippen LogP contribution in [0.2, 0.25) is 0 Å². The predicted molar refractivity (Wildman–Crippen MR) is 76.7 cm³/mol. The number of ether oxygens (including phenoxy) is 2. The van der Waals surface area contributed by atoms with Gasteiger partial charge in [0.2, 0.25) is 5.91 Å². The average molecular weight is 280 g/mol.